The second kappa shape index (κ2) is 6.69. The molecule has 5 nitrogen and oxygen atoms in total. The normalized spacial score (nSPS) is 18.1. The molecule has 0 spiro atoms. The molecule has 0 fully saturated rings. The molecule has 1 aromatic rings. The maximum Gasteiger partial charge on any atom is 0.107 e. The largest absolute Gasteiger partial charge is 0.375 e. The Morgan fingerprint density at radius 1 is 1.35 bits per heavy atom. The van der Waals surface area contributed by atoms with E-state index in [0.29, 0.717) is 0 Å². The molecule has 0 saturated heterocycles. The van der Waals surface area contributed by atoms with E-state index in [1.165, 1.54) is 0 Å². The standard InChI is InChI=1S/C14H21FN4O/c1-18-17-7-8-19(18)10-11-3-5-12(6-4-11)14(20-2)13(16)9-15/h3-8,13-14,17H,9-10,16H2,1-2H3. The second-order valence-electron chi connectivity index (χ2n) is 4.78. The Morgan fingerprint density at radius 3 is 2.55 bits per heavy atom. The Morgan fingerprint density at radius 2 is 2.05 bits per heavy atom. The van der Waals surface area contributed by atoms with E-state index in [9.17, 15) is 4.39 Å². The summed E-state index contributed by atoms with van der Waals surface area (Å²) in [5.74, 6) is 0. The van der Waals surface area contributed by atoms with E-state index >= 15 is 0 Å². The third-order valence-corrected chi connectivity index (χ3v) is 3.37. The van der Waals surface area contributed by atoms with Gasteiger partial charge in [-0.1, -0.05) is 24.3 Å². The van der Waals surface area contributed by atoms with E-state index in [1.54, 1.807) is 7.11 Å². The number of nitrogens with one attached hydrogen (secondary N) is 1. The molecule has 6 heteroatoms. The maximum atomic E-state index is 12.7. The molecular weight excluding hydrogens is 259 g/mol. The van der Waals surface area contributed by atoms with Gasteiger partial charge in [-0.25, -0.2) is 4.39 Å². The van der Waals surface area contributed by atoms with Crippen molar-refractivity contribution in [2.75, 3.05) is 20.8 Å². The minimum Gasteiger partial charge on any atom is -0.375 e. The van der Waals surface area contributed by atoms with Crippen molar-refractivity contribution < 1.29 is 9.13 Å². The topological polar surface area (TPSA) is 53.8 Å². The van der Waals surface area contributed by atoms with Gasteiger partial charge in [-0.3, -0.25) is 5.01 Å². The minimum atomic E-state index is -0.636. The Hall–Kier alpha value is -1.63. The van der Waals surface area contributed by atoms with Crippen molar-refractivity contribution in [1.29, 1.82) is 0 Å². The number of hydrogen-bond donors (Lipinski definition) is 2. The molecule has 2 unspecified atom stereocenters. The fourth-order valence-electron chi connectivity index (χ4n) is 2.20. The maximum absolute atomic E-state index is 12.7. The van der Waals surface area contributed by atoms with Gasteiger partial charge < -0.3 is 15.9 Å². The third kappa shape index (κ3) is 3.27. The number of hydrazine groups is 2. The lowest BCUT2D eigenvalue weighted by Gasteiger charge is -2.25. The molecule has 0 bridgehead atoms. The van der Waals surface area contributed by atoms with Crippen LogP contribution in [0.5, 0.6) is 0 Å². The van der Waals surface area contributed by atoms with Gasteiger partial charge in [-0.15, -0.1) is 5.12 Å². The fraction of sp³-hybridized carbons (Fsp3) is 0.429. The summed E-state index contributed by atoms with van der Waals surface area (Å²) < 4.78 is 17.9. The van der Waals surface area contributed by atoms with E-state index in [4.69, 9.17) is 10.5 Å². The summed E-state index contributed by atoms with van der Waals surface area (Å²) in [5.41, 5.74) is 10.8. The molecule has 0 amide bonds. The van der Waals surface area contributed by atoms with Gasteiger partial charge in [0, 0.05) is 26.6 Å². The van der Waals surface area contributed by atoms with Crippen LogP contribution in [0.25, 0.3) is 0 Å². The summed E-state index contributed by atoms with van der Waals surface area (Å²) in [6.07, 6.45) is 3.42. The van der Waals surface area contributed by atoms with Gasteiger partial charge in [0.05, 0.1) is 18.7 Å². The van der Waals surface area contributed by atoms with Crippen molar-refractivity contribution >= 4 is 0 Å². The van der Waals surface area contributed by atoms with Gasteiger partial charge in [0.1, 0.15) is 6.67 Å². The second-order valence-corrected chi connectivity index (χ2v) is 4.78. The van der Waals surface area contributed by atoms with Gasteiger partial charge in [0.15, 0.2) is 0 Å². The molecular formula is C14H21FN4O. The molecule has 3 N–H and O–H groups in total. The zero-order valence-corrected chi connectivity index (χ0v) is 11.8. The number of halogens is 1. The van der Waals surface area contributed by atoms with E-state index in [0.717, 1.165) is 17.7 Å². The Balaban J connectivity index is 2.03. The lowest BCUT2D eigenvalue weighted by molar-refractivity contribution is 0.0303. The number of nitrogens with zero attached hydrogens (tertiary/aromatic N) is 2. The first-order valence-corrected chi connectivity index (χ1v) is 6.52. The Kier molecular flexibility index (Phi) is 4.94. The molecule has 1 aliphatic heterocycles. The zero-order chi connectivity index (χ0) is 14.5. The molecule has 0 aromatic heterocycles. The molecule has 0 aliphatic carbocycles. The monoisotopic (exact) mass is 280 g/mol. The average molecular weight is 280 g/mol. The summed E-state index contributed by atoms with van der Waals surface area (Å²) in [5, 5.41) is 3.93. The molecule has 110 valence electrons. The van der Waals surface area contributed by atoms with E-state index in [2.05, 4.69) is 5.43 Å². The highest BCUT2D eigenvalue weighted by atomic mass is 19.1. The summed E-state index contributed by atoms with van der Waals surface area (Å²) in [7, 11) is 3.49. The van der Waals surface area contributed by atoms with E-state index in [-0.39, 0.29) is 0 Å². The number of nitrogens with two attached hydrogens (primary N) is 1. The number of rotatable bonds is 6. The number of hydrogen-bond acceptors (Lipinski definition) is 5. The molecule has 0 radical (unpaired) electrons. The minimum absolute atomic E-state index is 0.412. The van der Waals surface area contributed by atoms with Crippen LogP contribution in [0.1, 0.15) is 17.2 Å². The summed E-state index contributed by atoms with van der Waals surface area (Å²) >= 11 is 0. The Labute approximate surface area is 118 Å². The van der Waals surface area contributed by atoms with E-state index in [1.807, 2.05) is 53.8 Å². The van der Waals surface area contributed by atoms with Crippen LogP contribution >= 0.6 is 0 Å². The molecule has 2 atom stereocenters. The lowest BCUT2D eigenvalue weighted by Crippen LogP contribution is -2.37. The van der Waals surface area contributed by atoms with Crippen LogP contribution in [0.4, 0.5) is 4.39 Å². The number of methoxy groups -OCH3 is 1. The number of ether oxygens (including phenoxy) is 1. The van der Waals surface area contributed by atoms with Gasteiger partial charge in [0.25, 0.3) is 0 Å². The van der Waals surface area contributed by atoms with Crippen molar-refractivity contribution in [3.05, 3.63) is 47.8 Å². The number of benzene rings is 1. The van der Waals surface area contributed by atoms with Crippen LogP contribution in [0.15, 0.2) is 36.7 Å². The van der Waals surface area contributed by atoms with Crippen molar-refractivity contribution in [1.82, 2.24) is 15.6 Å². The van der Waals surface area contributed by atoms with Crippen LogP contribution in [-0.4, -0.2) is 37.0 Å². The zero-order valence-electron chi connectivity index (χ0n) is 11.8. The van der Waals surface area contributed by atoms with Crippen molar-refractivity contribution in [2.45, 2.75) is 18.7 Å². The van der Waals surface area contributed by atoms with Crippen LogP contribution in [0, 0.1) is 0 Å². The van der Waals surface area contributed by atoms with Gasteiger partial charge in [0.2, 0.25) is 0 Å². The summed E-state index contributed by atoms with van der Waals surface area (Å²) in [6.45, 7) is 0.155. The highest BCUT2D eigenvalue weighted by Gasteiger charge is 2.19. The first kappa shape index (κ1) is 14.8. The van der Waals surface area contributed by atoms with Crippen molar-refractivity contribution in [3.63, 3.8) is 0 Å². The van der Waals surface area contributed by atoms with Crippen LogP contribution < -0.4 is 11.2 Å². The molecule has 1 aromatic carbocycles. The van der Waals surface area contributed by atoms with Crippen molar-refractivity contribution in [3.8, 4) is 0 Å². The summed E-state index contributed by atoms with van der Waals surface area (Å²) in [4.78, 5) is 0. The molecule has 2 rings (SSSR count). The lowest BCUT2D eigenvalue weighted by atomic mass is 10.0. The third-order valence-electron chi connectivity index (χ3n) is 3.37. The quantitative estimate of drug-likeness (QED) is 0.823. The molecule has 1 heterocycles. The summed E-state index contributed by atoms with van der Waals surface area (Å²) in [6, 6.07) is 7.25. The van der Waals surface area contributed by atoms with E-state index < -0.39 is 18.8 Å². The van der Waals surface area contributed by atoms with Gasteiger partial charge >= 0.3 is 0 Å². The predicted molar refractivity (Wildman–Crippen MR) is 75.7 cm³/mol. The van der Waals surface area contributed by atoms with Crippen LogP contribution in [0.3, 0.4) is 0 Å². The Bertz CT molecular complexity index is 451. The predicted octanol–water partition coefficient (Wildman–Crippen LogP) is 1.31. The number of alkyl halides is 1. The average Bonchev–Trinajstić information content (AvgIpc) is 2.86. The SMILES string of the molecule is COC(c1ccc(CN2C=CNN2C)cc1)C(N)CF. The fourth-order valence-corrected chi connectivity index (χ4v) is 2.20. The smallest absolute Gasteiger partial charge is 0.107 e. The first-order chi connectivity index (χ1) is 9.65. The molecule has 0 saturated carbocycles. The highest BCUT2D eigenvalue weighted by Crippen LogP contribution is 2.21. The van der Waals surface area contributed by atoms with Crippen molar-refractivity contribution in [2.24, 2.45) is 5.73 Å². The first-order valence-electron chi connectivity index (χ1n) is 6.52. The van der Waals surface area contributed by atoms with Crippen LogP contribution in [-0.2, 0) is 11.3 Å². The molecule has 1 aliphatic rings. The molecule has 20 heavy (non-hydrogen) atoms. The van der Waals surface area contributed by atoms with Crippen LogP contribution in [0.2, 0.25) is 0 Å². The van der Waals surface area contributed by atoms with Gasteiger partial charge in [-0.2, -0.15) is 0 Å². The van der Waals surface area contributed by atoms with Gasteiger partial charge in [-0.05, 0) is 11.1 Å². The highest BCUT2D eigenvalue weighted by molar-refractivity contribution is 5.25.